The molecule has 92 valence electrons. The van der Waals surface area contributed by atoms with Crippen LogP contribution in [0.15, 0.2) is 0 Å². The van der Waals surface area contributed by atoms with Crippen LogP contribution in [0.4, 0.5) is 0 Å². The van der Waals surface area contributed by atoms with Crippen LogP contribution in [0, 0.1) is 5.41 Å². The van der Waals surface area contributed by atoms with Gasteiger partial charge in [0.2, 0.25) is 5.78 Å². The number of rotatable bonds is 3. The van der Waals surface area contributed by atoms with Crippen LogP contribution in [0.1, 0.15) is 40.5 Å². The Kier molecular flexibility index (Phi) is 3.73. The number of Topliss-reactive ketones (excluding diaryl/α,β-unsaturated/α-hetero) is 1. The first-order valence-corrected chi connectivity index (χ1v) is 5.66. The van der Waals surface area contributed by atoms with Crippen LogP contribution in [0.2, 0.25) is 0 Å². The zero-order valence-electron chi connectivity index (χ0n) is 10.5. The monoisotopic (exact) mass is 228 g/mol. The van der Waals surface area contributed by atoms with Crippen LogP contribution in [0.5, 0.6) is 0 Å². The molecular weight excluding hydrogens is 208 g/mol. The quantitative estimate of drug-likeness (QED) is 0.690. The van der Waals surface area contributed by atoms with Crippen LogP contribution in [0.25, 0.3) is 0 Å². The van der Waals surface area contributed by atoms with E-state index in [0.717, 1.165) is 0 Å². The molecule has 1 fully saturated rings. The lowest BCUT2D eigenvalue weighted by Gasteiger charge is -2.34. The Morgan fingerprint density at radius 1 is 1.56 bits per heavy atom. The van der Waals surface area contributed by atoms with Crippen molar-refractivity contribution < 1.29 is 19.1 Å². The molecule has 1 rings (SSSR count). The fraction of sp³-hybridized carbons (Fsp3) is 0.833. The minimum absolute atomic E-state index is 0.0380. The summed E-state index contributed by atoms with van der Waals surface area (Å²) in [5.41, 5.74) is -1.54. The molecule has 0 aromatic rings. The van der Waals surface area contributed by atoms with E-state index in [4.69, 9.17) is 9.47 Å². The molecule has 0 aromatic heterocycles. The first kappa shape index (κ1) is 13.2. The Labute approximate surface area is 96.3 Å². The molecule has 1 heterocycles. The van der Waals surface area contributed by atoms with Crippen LogP contribution < -0.4 is 0 Å². The molecule has 0 aromatic carbocycles. The van der Waals surface area contributed by atoms with Crippen LogP contribution >= 0.6 is 0 Å². The lowest BCUT2D eigenvalue weighted by Crippen LogP contribution is -2.48. The maximum absolute atomic E-state index is 11.9. The van der Waals surface area contributed by atoms with Gasteiger partial charge in [-0.05, 0) is 27.2 Å². The fourth-order valence-corrected chi connectivity index (χ4v) is 1.32. The van der Waals surface area contributed by atoms with Crippen LogP contribution in [-0.4, -0.2) is 30.6 Å². The van der Waals surface area contributed by atoms with Crippen LogP contribution in [-0.2, 0) is 19.1 Å². The van der Waals surface area contributed by atoms with Crippen molar-refractivity contribution in [1.82, 2.24) is 0 Å². The zero-order chi connectivity index (χ0) is 12.4. The lowest BCUT2D eigenvalue weighted by molar-refractivity contribution is -0.182. The zero-order valence-corrected chi connectivity index (χ0v) is 10.5. The van der Waals surface area contributed by atoms with Gasteiger partial charge in [0, 0.05) is 6.42 Å². The summed E-state index contributed by atoms with van der Waals surface area (Å²) in [7, 11) is 0. The van der Waals surface area contributed by atoms with Gasteiger partial charge in [0.15, 0.2) is 5.60 Å². The van der Waals surface area contributed by atoms with Gasteiger partial charge in [0.05, 0.1) is 12.0 Å². The van der Waals surface area contributed by atoms with E-state index in [1.54, 1.807) is 6.92 Å². The number of carbonyl (C=O) groups excluding carboxylic acids is 2. The van der Waals surface area contributed by atoms with Gasteiger partial charge in [-0.1, -0.05) is 6.92 Å². The van der Waals surface area contributed by atoms with Gasteiger partial charge >= 0.3 is 5.97 Å². The summed E-state index contributed by atoms with van der Waals surface area (Å²) in [4.78, 5) is 23.6. The molecule has 1 unspecified atom stereocenters. The van der Waals surface area contributed by atoms with Crippen molar-refractivity contribution in [2.45, 2.75) is 46.1 Å². The number of ether oxygens (including phenoxy) is 2. The normalized spacial score (nSPS) is 26.6. The molecule has 4 heteroatoms. The minimum atomic E-state index is -0.998. The predicted molar refractivity (Wildman–Crippen MR) is 59.0 cm³/mol. The van der Waals surface area contributed by atoms with E-state index in [9.17, 15) is 9.59 Å². The van der Waals surface area contributed by atoms with E-state index in [2.05, 4.69) is 0 Å². The highest BCUT2D eigenvalue weighted by molar-refractivity contribution is 5.91. The number of hydrogen-bond donors (Lipinski definition) is 0. The third-order valence-corrected chi connectivity index (χ3v) is 3.30. The largest absolute Gasteiger partial charge is 0.451 e. The van der Waals surface area contributed by atoms with Crippen molar-refractivity contribution in [3.8, 4) is 0 Å². The lowest BCUT2D eigenvalue weighted by atomic mass is 9.89. The summed E-state index contributed by atoms with van der Waals surface area (Å²) in [6, 6.07) is 0. The first-order chi connectivity index (χ1) is 7.32. The van der Waals surface area contributed by atoms with E-state index < -0.39 is 11.0 Å². The molecule has 1 saturated heterocycles. The van der Waals surface area contributed by atoms with E-state index in [1.165, 1.54) is 0 Å². The topological polar surface area (TPSA) is 52.6 Å². The molecule has 0 saturated carbocycles. The van der Waals surface area contributed by atoms with E-state index in [1.807, 2.05) is 20.8 Å². The third kappa shape index (κ3) is 2.61. The van der Waals surface area contributed by atoms with Crippen molar-refractivity contribution in [3.05, 3.63) is 0 Å². The third-order valence-electron chi connectivity index (χ3n) is 3.30. The number of ketones is 1. The molecule has 1 aliphatic rings. The molecule has 1 atom stereocenters. The first-order valence-electron chi connectivity index (χ1n) is 5.66. The Bertz CT molecular complexity index is 295. The number of carbonyl (C=O) groups is 2. The summed E-state index contributed by atoms with van der Waals surface area (Å²) in [5.74, 6) is -0.466. The second-order valence-electron chi connectivity index (χ2n) is 5.08. The van der Waals surface area contributed by atoms with Gasteiger partial charge in [-0.15, -0.1) is 0 Å². The van der Waals surface area contributed by atoms with Crippen molar-refractivity contribution in [2.75, 3.05) is 13.2 Å². The SMILES string of the molecule is CCC(C)(C)C(=O)OC1(C)CCOCC1=O. The highest BCUT2D eigenvalue weighted by atomic mass is 16.6. The summed E-state index contributed by atoms with van der Waals surface area (Å²) in [6.45, 7) is 7.74. The van der Waals surface area contributed by atoms with Gasteiger partial charge in [0.1, 0.15) is 6.61 Å². The summed E-state index contributed by atoms with van der Waals surface area (Å²) < 4.78 is 10.4. The van der Waals surface area contributed by atoms with Gasteiger partial charge < -0.3 is 9.47 Å². The predicted octanol–water partition coefficient (Wildman–Crippen LogP) is 1.71. The molecule has 1 aliphatic heterocycles. The standard InChI is InChI=1S/C12H20O4/c1-5-11(2,3)10(14)16-12(4)6-7-15-8-9(12)13/h5-8H2,1-4H3. The second-order valence-corrected chi connectivity index (χ2v) is 5.08. The molecule has 0 aliphatic carbocycles. The Balaban J connectivity index is 2.72. The second kappa shape index (κ2) is 4.53. The van der Waals surface area contributed by atoms with Gasteiger partial charge in [-0.3, -0.25) is 9.59 Å². The maximum Gasteiger partial charge on any atom is 0.312 e. The fourth-order valence-electron chi connectivity index (χ4n) is 1.32. The van der Waals surface area contributed by atoms with Crippen molar-refractivity contribution in [3.63, 3.8) is 0 Å². The Hall–Kier alpha value is -0.900. The molecule has 4 nitrogen and oxygen atoms in total. The highest BCUT2D eigenvalue weighted by Crippen LogP contribution is 2.28. The van der Waals surface area contributed by atoms with Gasteiger partial charge in [0.25, 0.3) is 0 Å². The van der Waals surface area contributed by atoms with Crippen molar-refractivity contribution in [2.24, 2.45) is 5.41 Å². The maximum atomic E-state index is 11.9. The molecule has 0 amide bonds. The smallest absolute Gasteiger partial charge is 0.312 e. The van der Waals surface area contributed by atoms with Crippen molar-refractivity contribution >= 4 is 11.8 Å². The molecular formula is C12H20O4. The molecule has 0 bridgehead atoms. The molecule has 16 heavy (non-hydrogen) atoms. The molecule has 0 spiro atoms. The molecule has 0 N–H and O–H groups in total. The van der Waals surface area contributed by atoms with E-state index in [0.29, 0.717) is 19.4 Å². The van der Waals surface area contributed by atoms with Crippen LogP contribution in [0.3, 0.4) is 0 Å². The van der Waals surface area contributed by atoms with E-state index in [-0.39, 0.29) is 18.4 Å². The van der Waals surface area contributed by atoms with Gasteiger partial charge in [-0.25, -0.2) is 0 Å². The highest BCUT2D eigenvalue weighted by Gasteiger charge is 2.42. The Morgan fingerprint density at radius 2 is 2.19 bits per heavy atom. The minimum Gasteiger partial charge on any atom is -0.451 e. The summed E-state index contributed by atoms with van der Waals surface area (Å²) in [5, 5.41) is 0. The number of hydrogen-bond acceptors (Lipinski definition) is 4. The Morgan fingerprint density at radius 3 is 2.69 bits per heavy atom. The average molecular weight is 228 g/mol. The van der Waals surface area contributed by atoms with E-state index >= 15 is 0 Å². The van der Waals surface area contributed by atoms with Crippen molar-refractivity contribution in [1.29, 1.82) is 0 Å². The summed E-state index contributed by atoms with van der Waals surface area (Å²) in [6.07, 6.45) is 1.13. The number of esters is 1. The summed E-state index contributed by atoms with van der Waals surface area (Å²) >= 11 is 0. The average Bonchev–Trinajstić information content (AvgIpc) is 2.22. The molecule has 0 radical (unpaired) electrons. The van der Waals surface area contributed by atoms with Gasteiger partial charge in [-0.2, -0.15) is 0 Å².